The second-order valence-corrected chi connectivity index (χ2v) is 13.7. The number of carbonyl (C=O) groups excluding carboxylic acids is 2. The number of likely N-dealkylation sites (tertiary alicyclic amines) is 1. The summed E-state index contributed by atoms with van der Waals surface area (Å²) in [5.41, 5.74) is -0.262. The van der Waals surface area contributed by atoms with Gasteiger partial charge in [0, 0.05) is 43.3 Å². The number of esters is 2. The van der Waals surface area contributed by atoms with E-state index in [4.69, 9.17) is 9.47 Å². The SMILES string of the molecule is CCCCCCCCCCCC(=O)OCCN1C(C)(C)CC(OC(=O)CCCCCCCCCCC)CC1(C)C. The van der Waals surface area contributed by atoms with Crippen LogP contribution in [0.4, 0.5) is 0 Å². The molecule has 5 nitrogen and oxygen atoms in total. The molecular formula is C35H67NO4. The molecule has 1 heterocycles. The number of ether oxygens (including phenoxy) is 2. The highest BCUT2D eigenvalue weighted by molar-refractivity contribution is 5.69. The number of hydrogen-bond donors (Lipinski definition) is 0. The normalized spacial score (nSPS) is 17.1. The highest BCUT2D eigenvalue weighted by Gasteiger charge is 2.46. The zero-order valence-corrected chi connectivity index (χ0v) is 27.6. The molecule has 0 N–H and O–H groups in total. The summed E-state index contributed by atoms with van der Waals surface area (Å²) in [4.78, 5) is 27.3. The van der Waals surface area contributed by atoms with E-state index < -0.39 is 0 Å². The zero-order chi connectivity index (χ0) is 29.7. The van der Waals surface area contributed by atoms with Gasteiger partial charge in [0.05, 0.1) is 0 Å². The maximum Gasteiger partial charge on any atom is 0.306 e. The van der Waals surface area contributed by atoms with Gasteiger partial charge in [-0.25, -0.2) is 0 Å². The molecule has 40 heavy (non-hydrogen) atoms. The minimum Gasteiger partial charge on any atom is -0.464 e. The van der Waals surface area contributed by atoms with Crippen molar-refractivity contribution < 1.29 is 19.1 Å². The Labute approximate surface area is 248 Å². The third-order valence-corrected chi connectivity index (χ3v) is 8.76. The number of carbonyl (C=O) groups is 2. The third kappa shape index (κ3) is 17.0. The minimum atomic E-state index is -0.131. The summed E-state index contributed by atoms with van der Waals surface area (Å²) in [5, 5.41) is 0. The van der Waals surface area contributed by atoms with Gasteiger partial charge in [-0.1, -0.05) is 117 Å². The fraction of sp³-hybridized carbons (Fsp3) is 0.943. The summed E-state index contributed by atoms with van der Waals surface area (Å²) >= 11 is 0. The van der Waals surface area contributed by atoms with E-state index in [0.717, 1.165) is 38.5 Å². The molecule has 0 unspecified atom stereocenters. The largest absolute Gasteiger partial charge is 0.464 e. The quantitative estimate of drug-likeness (QED) is 0.0861. The summed E-state index contributed by atoms with van der Waals surface area (Å²) in [6, 6.07) is 0. The number of nitrogens with zero attached hydrogens (tertiary/aromatic N) is 1. The van der Waals surface area contributed by atoms with Gasteiger partial charge in [0.2, 0.25) is 0 Å². The second kappa shape index (κ2) is 21.6. The lowest BCUT2D eigenvalue weighted by molar-refractivity contribution is -0.163. The van der Waals surface area contributed by atoms with Gasteiger partial charge in [-0.2, -0.15) is 0 Å². The molecule has 0 spiro atoms. The van der Waals surface area contributed by atoms with Crippen molar-refractivity contribution in [3.8, 4) is 0 Å². The van der Waals surface area contributed by atoms with Gasteiger partial charge < -0.3 is 9.47 Å². The highest BCUT2D eigenvalue weighted by atomic mass is 16.5. The predicted octanol–water partition coefficient (Wildman–Crippen LogP) is 9.94. The van der Waals surface area contributed by atoms with E-state index in [0.29, 0.717) is 26.0 Å². The molecule has 0 saturated carbocycles. The van der Waals surface area contributed by atoms with Crippen LogP contribution < -0.4 is 0 Å². The Balaban J connectivity index is 2.24. The first-order valence-corrected chi connectivity index (χ1v) is 17.2. The molecule has 5 heteroatoms. The molecule has 0 bridgehead atoms. The van der Waals surface area contributed by atoms with Crippen LogP contribution in [0.2, 0.25) is 0 Å². The molecule has 0 aromatic rings. The van der Waals surface area contributed by atoms with Crippen molar-refractivity contribution in [2.24, 2.45) is 0 Å². The van der Waals surface area contributed by atoms with Crippen LogP contribution in [0.5, 0.6) is 0 Å². The predicted molar refractivity (Wildman–Crippen MR) is 169 cm³/mol. The maximum atomic E-state index is 12.6. The molecular weight excluding hydrogens is 498 g/mol. The van der Waals surface area contributed by atoms with E-state index in [-0.39, 0.29) is 29.1 Å². The second-order valence-electron chi connectivity index (χ2n) is 13.7. The fourth-order valence-corrected chi connectivity index (χ4v) is 6.64. The average molecular weight is 566 g/mol. The first-order chi connectivity index (χ1) is 19.1. The van der Waals surface area contributed by atoms with E-state index in [9.17, 15) is 9.59 Å². The lowest BCUT2D eigenvalue weighted by Crippen LogP contribution is -2.63. The topological polar surface area (TPSA) is 55.8 Å². The standard InChI is InChI=1S/C35H67NO4/c1-7-9-11-13-15-17-19-21-23-25-32(37)39-28-27-36-34(3,4)29-31(30-35(36,5)6)40-33(38)26-24-22-20-18-16-14-12-10-8-2/h31H,7-30H2,1-6H3. The van der Waals surface area contributed by atoms with Gasteiger partial charge >= 0.3 is 11.9 Å². The smallest absolute Gasteiger partial charge is 0.306 e. The highest BCUT2D eigenvalue weighted by Crippen LogP contribution is 2.39. The first kappa shape index (κ1) is 36.9. The number of unbranched alkanes of at least 4 members (excludes halogenated alkanes) is 16. The van der Waals surface area contributed by atoms with Crippen molar-refractivity contribution in [3.05, 3.63) is 0 Å². The molecule has 0 amide bonds. The van der Waals surface area contributed by atoms with Crippen molar-refractivity contribution in [1.29, 1.82) is 0 Å². The van der Waals surface area contributed by atoms with Crippen LogP contribution in [-0.2, 0) is 19.1 Å². The molecule has 0 aromatic heterocycles. The molecule has 1 rings (SSSR count). The number of hydrogen-bond acceptors (Lipinski definition) is 5. The van der Waals surface area contributed by atoms with E-state index in [1.807, 2.05) is 0 Å². The Hall–Kier alpha value is -1.10. The van der Waals surface area contributed by atoms with Crippen molar-refractivity contribution in [3.63, 3.8) is 0 Å². The fourth-order valence-electron chi connectivity index (χ4n) is 6.64. The number of piperidine rings is 1. The van der Waals surface area contributed by atoms with Crippen molar-refractivity contribution in [2.75, 3.05) is 13.2 Å². The van der Waals surface area contributed by atoms with E-state index in [1.165, 1.54) is 89.9 Å². The molecule has 0 aromatic carbocycles. The van der Waals surface area contributed by atoms with Crippen LogP contribution >= 0.6 is 0 Å². The van der Waals surface area contributed by atoms with Crippen LogP contribution in [0.25, 0.3) is 0 Å². The Kier molecular flexibility index (Phi) is 19.9. The summed E-state index contributed by atoms with van der Waals surface area (Å²) in [6.45, 7) is 14.5. The molecule has 0 radical (unpaired) electrons. The molecule has 1 fully saturated rings. The molecule has 0 aliphatic carbocycles. The van der Waals surface area contributed by atoms with Crippen LogP contribution in [0, 0.1) is 0 Å². The molecule has 236 valence electrons. The molecule has 1 aliphatic rings. The Bertz CT molecular complexity index is 642. The first-order valence-electron chi connectivity index (χ1n) is 17.2. The monoisotopic (exact) mass is 566 g/mol. The van der Waals surface area contributed by atoms with Crippen LogP contribution in [-0.4, -0.2) is 47.2 Å². The van der Waals surface area contributed by atoms with Crippen LogP contribution in [0.1, 0.15) is 183 Å². The van der Waals surface area contributed by atoms with E-state index >= 15 is 0 Å². The molecule has 0 atom stereocenters. The summed E-state index contributed by atoms with van der Waals surface area (Å²) < 4.78 is 11.6. The average Bonchev–Trinajstić information content (AvgIpc) is 2.87. The lowest BCUT2D eigenvalue weighted by Gasteiger charge is -2.54. The van der Waals surface area contributed by atoms with E-state index in [2.05, 4.69) is 46.4 Å². The Morgan fingerprint density at radius 2 is 0.975 bits per heavy atom. The van der Waals surface area contributed by atoms with Gasteiger partial charge in [-0.15, -0.1) is 0 Å². The van der Waals surface area contributed by atoms with Gasteiger partial charge in [0.1, 0.15) is 12.7 Å². The van der Waals surface area contributed by atoms with Crippen molar-refractivity contribution >= 4 is 11.9 Å². The third-order valence-electron chi connectivity index (χ3n) is 8.76. The lowest BCUT2D eigenvalue weighted by atomic mass is 9.78. The van der Waals surface area contributed by atoms with Crippen molar-refractivity contribution in [2.45, 2.75) is 200 Å². The summed E-state index contributed by atoms with van der Waals surface area (Å²) in [5.74, 6) is -0.114. The zero-order valence-electron chi connectivity index (χ0n) is 27.6. The van der Waals surface area contributed by atoms with Crippen LogP contribution in [0.15, 0.2) is 0 Å². The van der Waals surface area contributed by atoms with Gasteiger partial charge in [0.15, 0.2) is 0 Å². The van der Waals surface area contributed by atoms with Crippen LogP contribution in [0.3, 0.4) is 0 Å². The van der Waals surface area contributed by atoms with Gasteiger partial charge in [-0.3, -0.25) is 14.5 Å². The minimum absolute atomic E-state index is 0.0431. The molecule has 1 saturated heterocycles. The van der Waals surface area contributed by atoms with Crippen molar-refractivity contribution in [1.82, 2.24) is 4.90 Å². The Morgan fingerprint density at radius 1 is 0.600 bits per heavy atom. The number of rotatable bonds is 24. The van der Waals surface area contributed by atoms with Gasteiger partial charge in [-0.05, 0) is 40.5 Å². The Morgan fingerprint density at radius 3 is 1.40 bits per heavy atom. The van der Waals surface area contributed by atoms with Gasteiger partial charge in [0.25, 0.3) is 0 Å². The molecule has 1 aliphatic heterocycles. The van der Waals surface area contributed by atoms with E-state index in [1.54, 1.807) is 0 Å². The summed E-state index contributed by atoms with van der Waals surface area (Å²) in [7, 11) is 0. The maximum absolute atomic E-state index is 12.6. The summed E-state index contributed by atoms with van der Waals surface area (Å²) in [6.07, 6.45) is 25.1.